The summed E-state index contributed by atoms with van der Waals surface area (Å²) in [6, 6.07) is 0. The zero-order valence-electron chi connectivity index (χ0n) is 11.0. The molecule has 8 nitrogen and oxygen atoms in total. The second-order valence-electron chi connectivity index (χ2n) is 3.63. The quantitative estimate of drug-likeness (QED) is 0.400. The molecule has 0 bridgehead atoms. The van der Waals surface area contributed by atoms with Crippen LogP contribution in [0.2, 0.25) is 0 Å². The molecule has 1 aromatic heterocycles. The molecule has 9 heteroatoms. The third kappa shape index (κ3) is 6.18. The smallest absolute Gasteiger partial charge is 0.305 e. The van der Waals surface area contributed by atoms with Crippen molar-refractivity contribution in [3.63, 3.8) is 0 Å². The van der Waals surface area contributed by atoms with E-state index in [-0.39, 0.29) is 17.6 Å². The van der Waals surface area contributed by atoms with Crippen molar-refractivity contribution in [3.05, 3.63) is 0 Å². The summed E-state index contributed by atoms with van der Waals surface area (Å²) in [6.07, 6.45) is 0.884. The summed E-state index contributed by atoms with van der Waals surface area (Å²) in [5.41, 5.74) is 0. The predicted octanol–water partition coefficient (Wildman–Crippen LogP) is -0.238. The monoisotopic (exact) mass is 287 g/mol. The van der Waals surface area contributed by atoms with E-state index in [1.165, 1.54) is 16.4 Å². The molecule has 1 N–H and O–H groups in total. The lowest BCUT2D eigenvalue weighted by Gasteiger charge is -2.04. The van der Waals surface area contributed by atoms with Crippen molar-refractivity contribution in [2.24, 2.45) is 7.05 Å². The second-order valence-corrected chi connectivity index (χ2v) is 4.57. The number of hydrogen-bond acceptors (Lipinski definition) is 7. The SMILES string of the molecule is CCOC(=O)CCCNC(=O)CSc1nnnn1C. The molecule has 0 spiro atoms. The van der Waals surface area contributed by atoms with Crippen molar-refractivity contribution in [1.29, 1.82) is 0 Å². The Kier molecular flexibility index (Phi) is 6.86. The molecule has 1 aromatic rings. The van der Waals surface area contributed by atoms with Crippen LogP contribution < -0.4 is 5.32 Å². The van der Waals surface area contributed by atoms with E-state index in [0.29, 0.717) is 31.1 Å². The normalized spacial score (nSPS) is 10.2. The maximum atomic E-state index is 11.5. The van der Waals surface area contributed by atoms with Gasteiger partial charge < -0.3 is 10.1 Å². The number of hydrogen-bond donors (Lipinski definition) is 1. The van der Waals surface area contributed by atoms with Crippen molar-refractivity contribution in [1.82, 2.24) is 25.5 Å². The van der Waals surface area contributed by atoms with Crippen molar-refractivity contribution >= 4 is 23.6 Å². The van der Waals surface area contributed by atoms with E-state index in [1.807, 2.05) is 0 Å². The van der Waals surface area contributed by atoms with Gasteiger partial charge in [0.05, 0.1) is 12.4 Å². The zero-order chi connectivity index (χ0) is 14.1. The number of esters is 1. The van der Waals surface area contributed by atoms with E-state index >= 15 is 0 Å². The number of thioether (sulfide) groups is 1. The van der Waals surface area contributed by atoms with E-state index in [4.69, 9.17) is 4.74 Å². The number of nitrogens with one attached hydrogen (secondary N) is 1. The van der Waals surface area contributed by atoms with E-state index in [1.54, 1.807) is 14.0 Å². The molecule has 0 unspecified atom stereocenters. The number of carbonyl (C=O) groups excluding carboxylic acids is 2. The van der Waals surface area contributed by atoms with E-state index < -0.39 is 0 Å². The van der Waals surface area contributed by atoms with Gasteiger partial charge in [0.25, 0.3) is 0 Å². The molecule has 0 aromatic carbocycles. The third-order valence-electron chi connectivity index (χ3n) is 2.10. The van der Waals surface area contributed by atoms with Gasteiger partial charge >= 0.3 is 5.97 Å². The number of ether oxygens (including phenoxy) is 1. The Labute approximate surface area is 115 Å². The molecular formula is C10H17N5O3S. The van der Waals surface area contributed by atoms with Crippen LogP contribution in [0.3, 0.4) is 0 Å². The largest absolute Gasteiger partial charge is 0.466 e. The highest BCUT2D eigenvalue weighted by Gasteiger charge is 2.07. The van der Waals surface area contributed by atoms with Gasteiger partial charge in [-0.05, 0) is 23.8 Å². The molecule has 1 rings (SSSR count). The summed E-state index contributed by atoms with van der Waals surface area (Å²) < 4.78 is 6.28. The Morgan fingerprint density at radius 2 is 2.26 bits per heavy atom. The van der Waals surface area contributed by atoms with Crippen LogP contribution in [0.4, 0.5) is 0 Å². The van der Waals surface area contributed by atoms with Crippen LogP contribution in [0.1, 0.15) is 19.8 Å². The molecule has 0 aliphatic carbocycles. The Balaban J connectivity index is 2.08. The predicted molar refractivity (Wildman–Crippen MR) is 68.4 cm³/mol. The number of carbonyl (C=O) groups is 2. The van der Waals surface area contributed by atoms with Gasteiger partial charge in [-0.3, -0.25) is 9.59 Å². The third-order valence-corrected chi connectivity index (χ3v) is 3.11. The number of aromatic nitrogens is 4. The van der Waals surface area contributed by atoms with Crippen LogP contribution in [0.25, 0.3) is 0 Å². The molecule has 106 valence electrons. The van der Waals surface area contributed by atoms with E-state index in [2.05, 4.69) is 20.8 Å². The Morgan fingerprint density at radius 1 is 1.47 bits per heavy atom. The highest BCUT2D eigenvalue weighted by atomic mass is 32.2. The fourth-order valence-electron chi connectivity index (χ4n) is 1.22. The molecule has 0 saturated carbocycles. The minimum atomic E-state index is -0.240. The van der Waals surface area contributed by atoms with Gasteiger partial charge in [-0.2, -0.15) is 0 Å². The van der Waals surface area contributed by atoms with Crippen molar-refractivity contribution < 1.29 is 14.3 Å². The van der Waals surface area contributed by atoms with Gasteiger partial charge in [0, 0.05) is 20.0 Å². The van der Waals surface area contributed by atoms with Crippen LogP contribution >= 0.6 is 11.8 Å². The molecule has 0 aliphatic heterocycles. The fraction of sp³-hybridized carbons (Fsp3) is 0.700. The lowest BCUT2D eigenvalue weighted by molar-refractivity contribution is -0.143. The highest BCUT2D eigenvalue weighted by Crippen LogP contribution is 2.11. The first kappa shape index (κ1) is 15.4. The first-order valence-electron chi connectivity index (χ1n) is 5.91. The molecule has 1 heterocycles. The minimum absolute atomic E-state index is 0.114. The van der Waals surface area contributed by atoms with Crippen LogP contribution in [-0.4, -0.2) is 51.0 Å². The van der Waals surface area contributed by atoms with E-state index in [0.717, 1.165) is 0 Å². The van der Waals surface area contributed by atoms with Crippen LogP contribution in [0.15, 0.2) is 5.16 Å². The molecule has 0 fully saturated rings. The summed E-state index contributed by atoms with van der Waals surface area (Å²) in [7, 11) is 1.71. The van der Waals surface area contributed by atoms with Gasteiger partial charge in [0.1, 0.15) is 0 Å². The summed E-state index contributed by atoms with van der Waals surface area (Å²) >= 11 is 1.26. The molecule has 0 atom stereocenters. The van der Waals surface area contributed by atoms with Crippen molar-refractivity contribution in [2.75, 3.05) is 18.9 Å². The summed E-state index contributed by atoms with van der Waals surface area (Å²) in [6.45, 7) is 2.60. The second kappa shape index (κ2) is 8.46. The molecule has 0 aliphatic rings. The van der Waals surface area contributed by atoms with Crippen molar-refractivity contribution in [2.45, 2.75) is 24.9 Å². The van der Waals surface area contributed by atoms with E-state index in [9.17, 15) is 9.59 Å². The average molecular weight is 287 g/mol. The molecule has 0 radical (unpaired) electrons. The Bertz CT molecular complexity index is 423. The van der Waals surface area contributed by atoms with Gasteiger partial charge in [0.2, 0.25) is 11.1 Å². The number of rotatable bonds is 8. The molecule has 1 amide bonds. The van der Waals surface area contributed by atoms with Crippen molar-refractivity contribution in [3.8, 4) is 0 Å². The first-order valence-corrected chi connectivity index (χ1v) is 6.89. The van der Waals surface area contributed by atoms with Gasteiger partial charge in [-0.25, -0.2) is 4.68 Å². The number of nitrogens with zero attached hydrogens (tertiary/aromatic N) is 4. The summed E-state index contributed by atoms with van der Waals surface area (Å²) in [4.78, 5) is 22.5. The maximum Gasteiger partial charge on any atom is 0.305 e. The Hall–Kier alpha value is -1.64. The topological polar surface area (TPSA) is 99.0 Å². The highest BCUT2D eigenvalue weighted by molar-refractivity contribution is 7.99. The molecule has 19 heavy (non-hydrogen) atoms. The summed E-state index contributed by atoms with van der Waals surface area (Å²) in [5.74, 6) is -0.110. The maximum absolute atomic E-state index is 11.5. The standard InChI is InChI=1S/C10H17N5O3S/c1-3-18-9(17)5-4-6-11-8(16)7-19-10-12-13-14-15(10)2/h3-7H2,1-2H3,(H,11,16). The van der Waals surface area contributed by atoms with Crippen LogP contribution in [0.5, 0.6) is 0 Å². The fourth-order valence-corrected chi connectivity index (χ4v) is 1.90. The van der Waals surface area contributed by atoms with Crippen LogP contribution in [0, 0.1) is 0 Å². The average Bonchev–Trinajstić information content (AvgIpc) is 2.78. The minimum Gasteiger partial charge on any atom is -0.466 e. The number of tetrazole rings is 1. The van der Waals surface area contributed by atoms with Gasteiger partial charge in [0.15, 0.2) is 0 Å². The number of aryl methyl sites for hydroxylation is 1. The first-order chi connectivity index (χ1) is 9.13. The Morgan fingerprint density at radius 3 is 2.89 bits per heavy atom. The van der Waals surface area contributed by atoms with Crippen LogP contribution in [-0.2, 0) is 21.4 Å². The van der Waals surface area contributed by atoms with Gasteiger partial charge in [-0.15, -0.1) is 5.10 Å². The lowest BCUT2D eigenvalue weighted by atomic mass is 10.3. The molecule has 0 saturated heterocycles. The lowest BCUT2D eigenvalue weighted by Crippen LogP contribution is -2.26. The zero-order valence-corrected chi connectivity index (χ0v) is 11.8. The van der Waals surface area contributed by atoms with Gasteiger partial charge in [-0.1, -0.05) is 11.8 Å². The number of amides is 1. The summed E-state index contributed by atoms with van der Waals surface area (Å²) in [5, 5.41) is 14.2. The molecular weight excluding hydrogens is 270 g/mol.